The van der Waals surface area contributed by atoms with Crippen molar-refractivity contribution in [3.8, 4) is 0 Å². The third kappa shape index (κ3) is 2.75. The maximum atomic E-state index is 12.0. The second kappa shape index (κ2) is 5.37. The van der Waals surface area contributed by atoms with Crippen molar-refractivity contribution in [3.63, 3.8) is 0 Å². The number of carbonyl (C=O) groups is 1. The Hall–Kier alpha value is -1.67. The maximum absolute atomic E-state index is 12.0. The Kier molecular flexibility index (Phi) is 3.96. The Morgan fingerprint density at radius 2 is 2.10 bits per heavy atom. The molecular formula is C12H11BrN2O4S. The Morgan fingerprint density at radius 1 is 1.40 bits per heavy atom. The van der Waals surface area contributed by atoms with Gasteiger partial charge in [-0.25, -0.2) is 9.10 Å². The summed E-state index contributed by atoms with van der Waals surface area (Å²) in [6.45, 7) is 0. The van der Waals surface area contributed by atoms with E-state index in [-0.39, 0.29) is 11.4 Å². The Labute approximate surface area is 125 Å². The van der Waals surface area contributed by atoms with Gasteiger partial charge in [0, 0.05) is 17.1 Å². The fraction of sp³-hybridized carbons (Fsp3) is 0.167. The van der Waals surface area contributed by atoms with E-state index in [0.29, 0.717) is 5.56 Å². The van der Waals surface area contributed by atoms with Crippen LogP contribution in [0.5, 0.6) is 0 Å². The molecule has 0 atom stereocenters. The minimum atomic E-state index is -3.94. The van der Waals surface area contributed by atoms with Gasteiger partial charge in [0.2, 0.25) is 0 Å². The molecule has 106 valence electrons. The second-order valence-corrected chi connectivity index (χ2v) is 6.49. The van der Waals surface area contributed by atoms with Crippen LogP contribution in [0.3, 0.4) is 0 Å². The molecule has 0 aliphatic carbocycles. The van der Waals surface area contributed by atoms with Crippen LogP contribution >= 0.6 is 15.9 Å². The van der Waals surface area contributed by atoms with E-state index in [4.69, 9.17) is 0 Å². The first-order chi connectivity index (χ1) is 9.35. The zero-order chi connectivity index (χ0) is 14.9. The molecule has 20 heavy (non-hydrogen) atoms. The van der Waals surface area contributed by atoms with Gasteiger partial charge in [0.1, 0.15) is 5.70 Å². The number of benzene rings is 1. The number of halogens is 1. The summed E-state index contributed by atoms with van der Waals surface area (Å²) in [5.41, 5.74) is 0.680. The summed E-state index contributed by atoms with van der Waals surface area (Å²) in [6, 6.07) is 6.97. The molecule has 1 aromatic rings. The van der Waals surface area contributed by atoms with E-state index in [9.17, 15) is 13.2 Å². The van der Waals surface area contributed by atoms with Gasteiger partial charge >= 0.3 is 16.2 Å². The molecule has 0 aromatic heterocycles. The standard InChI is InChI=1S/C12H11BrN2O4S/c1-15-11(12(16)19-2)7-10(14-20(15,17)18)8-4-3-5-9(13)6-8/h3-7H,1-2H3. The third-order valence-corrected chi connectivity index (χ3v) is 4.50. The van der Waals surface area contributed by atoms with Crippen LogP contribution in [0.2, 0.25) is 0 Å². The van der Waals surface area contributed by atoms with E-state index in [2.05, 4.69) is 25.1 Å². The summed E-state index contributed by atoms with van der Waals surface area (Å²) < 4.78 is 33.8. The predicted octanol–water partition coefficient (Wildman–Crippen LogP) is 1.49. The number of ether oxygens (including phenoxy) is 1. The fourth-order valence-corrected chi connectivity index (χ4v) is 2.94. The van der Waals surface area contributed by atoms with Crippen LogP contribution in [0.25, 0.3) is 0 Å². The van der Waals surface area contributed by atoms with Crippen molar-refractivity contribution >= 4 is 37.8 Å². The normalized spacial score (nSPS) is 17.2. The van der Waals surface area contributed by atoms with E-state index in [1.54, 1.807) is 24.3 Å². The van der Waals surface area contributed by atoms with Gasteiger partial charge in [0.15, 0.2) is 0 Å². The van der Waals surface area contributed by atoms with Crippen LogP contribution in [0, 0.1) is 0 Å². The smallest absolute Gasteiger partial charge is 0.355 e. The van der Waals surface area contributed by atoms with Crippen LogP contribution in [-0.2, 0) is 19.7 Å². The molecular weight excluding hydrogens is 348 g/mol. The molecule has 0 unspecified atom stereocenters. The maximum Gasteiger partial charge on any atom is 0.355 e. The van der Waals surface area contributed by atoms with Crippen molar-refractivity contribution in [2.24, 2.45) is 4.40 Å². The van der Waals surface area contributed by atoms with E-state index in [0.717, 1.165) is 8.78 Å². The Bertz CT molecular complexity index is 725. The molecule has 8 heteroatoms. The molecule has 0 saturated heterocycles. The predicted molar refractivity (Wildman–Crippen MR) is 77.5 cm³/mol. The lowest BCUT2D eigenvalue weighted by atomic mass is 10.1. The van der Waals surface area contributed by atoms with Crippen molar-refractivity contribution < 1.29 is 17.9 Å². The van der Waals surface area contributed by atoms with Crippen LogP contribution in [0.15, 0.2) is 44.9 Å². The molecule has 1 aliphatic heterocycles. The molecule has 0 N–H and O–H groups in total. The van der Waals surface area contributed by atoms with Gasteiger partial charge in [-0.2, -0.15) is 8.42 Å². The van der Waals surface area contributed by atoms with Crippen molar-refractivity contribution in [2.75, 3.05) is 14.2 Å². The van der Waals surface area contributed by atoms with E-state index >= 15 is 0 Å². The molecule has 0 spiro atoms. The number of nitrogens with zero attached hydrogens (tertiary/aromatic N) is 2. The van der Waals surface area contributed by atoms with Gasteiger partial charge in [-0.1, -0.05) is 28.1 Å². The van der Waals surface area contributed by atoms with Gasteiger partial charge in [-0.05, 0) is 18.2 Å². The van der Waals surface area contributed by atoms with Crippen LogP contribution in [0.1, 0.15) is 5.56 Å². The molecule has 0 fully saturated rings. The lowest BCUT2D eigenvalue weighted by Gasteiger charge is -2.22. The van der Waals surface area contributed by atoms with Crippen LogP contribution in [0.4, 0.5) is 0 Å². The quantitative estimate of drug-likeness (QED) is 0.750. The summed E-state index contributed by atoms with van der Waals surface area (Å²) in [6.07, 6.45) is 1.38. The van der Waals surface area contributed by atoms with Crippen molar-refractivity contribution in [3.05, 3.63) is 46.1 Å². The second-order valence-electron chi connectivity index (χ2n) is 3.95. The first-order valence-electron chi connectivity index (χ1n) is 5.50. The van der Waals surface area contributed by atoms with E-state index in [1.807, 2.05) is 0 Å². The zero-order valence-corrected chi connectivity index (χ0v) is 13.1. The monoisotopic (exact) mass is 358 g/mol. The van der Waals surface area contributed by atoms with Gasteiger partial charge in [0.05, 0.1) is 12.8 Å². The highest BCUT2D eigenvalue weighted by Crippen LogP contribution is 2.21. The van der Waals surface area contributed by atoms with E-state index < -0.39 is 16.2 Å². The molecule has 6 nitrogen and oxygen atoms in total. The summed E-state index contributed by atoms with van der Waals surface area (Å²) in [5.74, 6) is -0.738. The minimum absolute atomic E-state index is 0.0857. The van der Waals surface area contributed by atoms with Crippen molar-refractivity contribution in [2.45, 2.75) is 0 Å². The highest BCUT2D eigenvalue weighted by molar-refractivity contribution is 9.10. The molecule has 0 saturated carbocycles. The minimum Gasteiger partial charge on any atom is -0.464 e. The van der Waals surface area contributed by atoms with E-state index in [1.165, 1.54) is 20.2 Å². The number of methoxy groups -OCH3 is 1. The fourth-order valence-electron chi connectivity index (χ4n) is 1.63. The largest absolute Gasteiger partial charge is 0.464 e. The van der Waals surface area contributed by atoms with Gasteiger partial charge in [-0.3, -0.25) is 0 Å². The molecule has 2 rings (SSSR count). The highest BCUT2D eigenvalue weighted by atomic mass is 79.9. The lowest BCUT2D eigenvalue weighted by molar-refractivity contribution is -0.137. The molecule has 0 amide bonds. The average molecular weight is 359 g/mol. The zero-order valence-electron chi connectivity index (χ0n) is 10.7. The molecule has 0 bridgehead atoms. The number of carbonyl (C=O) groups excluding carboxylic acids is 1. The van der Waals surface area contributed by atoms with Gasteiger partial charge in [0.25, 0.3) is 0 Å². The molecule has 1 aromatic carbocycles. The number of esters is 1. The molecule has 0 radical (unpaired) electrons. The molecule has 1 aliphatic rings. The highest BCUT2D eigenvalue weighted by Gasteiger charge is 2.30. The van der Waals surface area contributed by atoms with Gasteiger partial charge < -0.3 is 4.74 Å². The first kappa shape index (κ1) is 14.7. The van der Waals surface area contributed by atoms with Gasteiger partial charge in [-0.15, -0.1) is 4.40 Å². The number of hydrogen-bond acceptors (Lipinski definition) is 4. The number of hydrogen-bond donors (Lipinski definition) is 0. The summed E-state index contributed by atoms with van der Waals surface area (Å²) in [4.78, 5) is 11.6. The van der Waals surface area contributed by atoms with Crippen LogP contribution in [-0.4, -0.2) is 38.6 Å². The summed E-state index contributed by atoms with van der Waals surface area (Å²) in [5, 5.41) is 0. The summed E-state index contributed by atoms with van der Waals surface area (Å²) >= 11 is 3.30. The SMILES string of the molecule is COC(=O)C1=CC(c2cccc(Br)c2)=NS(=O)(=O)N1C. The summed E-state index contributed by atoms with van der Waals surface area (Å²) in [7, 11) is -1.50. The Balaban J connectivity index is 2.58. The third-order valence-electron chi connectivity index (χ3n) is 2.69. The molecule has 1 heterocycles. The Morgan fingerprint density at radius 3 is 2.70 bits per heavy atom. The topological polar surface area (TPSA) is 76.0 Å². The van der Waals surface area contributed by atoms with Crippen LogP contribution < -0.4 is 0 Å². The lowest BCUT2D eigenvalue weighted by Crippen LogP contribution is -2.33. The van der Waals surface area contributed by atoms with Crippen molar-refractivity contribution in [1.82, 2.24) is 4.31 Å². The number of likely N-dealkylation sites (N-methyl/N-ethyl adjacent to an activating group) is 1. The number of rotatable bonds is 2. The first-order valence-corrected chi connectivity index (χ1v) is 7.69. The van der Waals surface area contributed by atoms with Crippen molar-refractivity contribution in [1.29, 1.82) is 0 Å². The average Bonchev–Trinajstić information content (AvgIpc) is 2.40. The number of allylic oxidation sites excluding steroid dienone is 1.